The standard InChI is InChI=1S/C17H24N4O2S/c1-13-3-6-16(24-13)11-20(7-2-8-22)17(23)19-10-15-9-18-12-21(15)14-4-5-14/h3,6,9,12,14,22H,2,4-5,7-8,10-11H2,1H3,(H,19,23). The summed E-state index contributed by atoms with van der Waals surface area (Å²) in [6.45, 7) is 3.74. The van der Waals surface area contributed by atoms with E-state index in [0.29, 0.717) is 32.1 Å². The second-order valence-corrected chi connectivity index (χ2v) is 7.57. The van der Waals surface area contributed by atoms with E-state index in [1.807, 2.05) is 12.5 Å². The van der Waals surface area contributed by atoms with Crippen molar-refractivity contribution in [3.8, 4) is 0 Å². The largest absolute Gasteiger partial charge is 0.396 e. The average Bonchev–Trinajstić information content (AvgIpc) is 3.17. The monoisotopic (exact) mass is 348 g/mol. The molecule has 7 heteroatoms. The number of aliphatic hydroxyl groups excluding tert-OH is 1. The summed E-state index contributed by atoms with van der Waals surface area (Å²) in [7, 11) is 0. The molecule has 0 aliphatic heterocycles. The van der Waals surface area contributed by atoms with Crippen LogP contribution in [-0.4, -0.2) is 38.7 Å². The Labute approximate surface area is 146 Å². The Kier molecular flexibility index (Phi) is 5.52. The first-order valence-corrected chi connectivity index (χ1v) is 9.18. The molecule has 3 rings (SSSR count). The number of hydrogen-bond donors (Lipinski definition) is 2. The minimum atomic E-state index is -0.0990. The van der Waals surface area contributed by atoms with E-state index in [-0.39, 0.29) is 12.6 Å². The Morgan fingerprint density at radius 2 is 2.33 bits per heavy atom. The van der Waals surface area contributed by atoms with Gasteiger partial charge in [-0.1, -0.05) is 0 Å². The first-order valence-electron chi connectivity index (χ1n) is 8.37. The van der Waals surface area contributed by atoms with E-state index in [4.69, 9.17) is 5.11 Å². The van der Waals surface area contributed by atoms with Crippen LogP contribution in [0.25, 0.3) is 0 Å². The van der Waals surface area contributed by atoms with E-state index < -0.39 is 0 Å². The van der Waals surface area contributed by atoms with Crippen LogP contribution in [0.15, 0.2) is 24.7 Å². The highest BCUT2D eigenvalue weighted by Crippen LogP contribution is 2.35. The number of carbonyl (C=O) groups is 1. The van der Waals surface area contributed by atoms with E-state index in [9.17, 15) is 4.79 Å². The molecule has 0 aromatic carbocycles. The van der Waals surface area contributed by atoms with Crippen molar-refractivity contribution in [1.29, 1.82) is 0 Å². The number of imidazole rings is 1. The number of amides is 2. The van der Waals surface area contributed by atoms with Crippen molar-refractivity contribution in [2.24, 2.45) is 0 Å². The molecular weight excluding hydrogens is 324 g/mol. The van der Waals surface area contributed by atoms with Crippen molar-refractivity contribution in [2.75, 3.05) is 13.2 Å². The van der Waals surface area contributed by atoms with E-state index in [2.05, 4.69) is 33.9 Å². The zero-order valence-corrected chi connectivity index (χ0v) is 14.8. The molecule has 1 fully saturated rings. The van der Waals surface area contributed by atoms with Crippen LogP contribution in [0.1, 0.15) is 40.8 Å². The zero-order chi connectivity index (χ0) is 16.9. The van der Waals surface area contributed by atoms with Gasteiger partial charge in [0.05, 0.1) is 25.1 Å². The minimum absolute atomic E-state index is 0.0850. The number of aromatic nitrogens is 2. The van der Waals surface area contributed by atoms with Crippen molar-refractivity contribution in [1.82, 2.24) is 19.8 Å². The van der Waals surface area contributed by atoms with Crippen LogP contribution in [0, 0.1) is 6.92 Å². The quantitative estimate of drug-likeness (QED) is 0.770. The summed E-state index contributed by atoms with van der Waals surface area (Å²) in [5, 5.41) is 12.1. The van der Waals surface area contributed by atoms with Gasteiger partial charge in [-0.3, -0.25) is 0 Å². The Morgan fingerprint density at radius 3 is 3.00 bits per heavy atom. The first kappa shape index (κ1) is 17.0. The summed E-state index contributed by atoms with van der Waals surface area (Å²) in [4.78, 5) is 20.9. The van der Waals surface area contributed by atoms with Gasteiger partial charge in [-0.05, 0) is 38.3 Å². The molecule has 2 aromatic rings. The molecule has 130 valence electrons. The lowest BCUT2D eigenvalue weighted by molar-refractivity contribution is 0.186. The van der Waals surface area contributed by atoms with Crippen LogP contribution in [0.5, 0.6) is 0 Å². The highest BCUT2D eigenvalue weighted by Gasteiger charge is 2.25. The number of carbonyl (C=O) groups excluding carboxylic acids is 1. The van der Waals surface area contributed by atoms with Gasteiger partial charge >= 0.3 is 6.03 Å². The summed E-state index contributed by atoms with van der Waals surface area (Å²) >= 11 is 1.70. The predicted molar refractivity (Wildman–Crippen MR) is 93.9 cm³/mol. The zero-order valence-electron chi connectivity index (χ0n) is 13.9. The SMILES string of the molecule is Cc1ccc(CN(CCCO)C(=O)NCc2cncn2C2CC2)s1. The molecule has 1 aliphatic carbocycles. The smallest absolute Gasteiger partial charge is 0.318 e. The molecule has 2 amide bonds. The molecule has 2 aromatic heterocycles. The van der Waals surface area contributed by atoms with Crippen molar-refractivity contribution in [3.63, 3.8) is 0 Å². The summed E-state index contributed by atoms with van der Waals surface area (Å²) < 4.78 is 2.15. The number of aryl methyl sites for hydroxylation is 1. The summed E-state index contributed by atoms with van der Waals surface area (Å²) in [6, 6.07) is 4.58. The topological polar surface area (TPSA) is 70.4 Å². The van der Waals surface area contributed by atoms with Crippen LogP contribution in [0.3, 0.4) is 0 Å². The number of urea groups is 1. The van der Waals surface area contributed by atoms with Gasteiger partial charge in [0.1, 0.15) is 0 Å². The lowest BCUT2D eigenvalue weighted by Gasteiger charge is -2.22. The van der Waals surface area contributed by atoms with Gasteiger partial charge in [0.2, 0.25) is 0 Å². The second kappa shape index (κ2) is 7.81. The summed E-state index contributed by atoms with van der Waals surface area (Å²) in [6.07, 6.45) is 6.63. The van der Waals surface area contributed by atoms with Crippen molar-refractivity contribution < 1.29 is 9.90 Å². The minimum Gasteiger partial charge on any atom is -0.396 e. The van der Waals surface area contributed by atoms with E-state index >= 15 is 0 Å². The fraction of sp³-hybridized carbons (Fsp3) is 0.529. The molecule has 6 nitrogen and oxygen atoms in total. The molecule has 1 saturated carbocycles. The van der Waals surface area contributed by atoms with E-state index in [1.54, 1.807) is 16.2 Å². The molecule has 2 heterocycles. The van der Waals surface area contributed by atoms with Crippen LogP contribution in [0.2, 0.25) is 0 Å². The van der Waals surface area contributed by atoms with E-state index in [1.165, 1.54) is 17.7 Å². The van der Waals surface area contributed by atoms with Gasteiger partial charge in [0.25, 0.3) is 0 Å². The van der Waals surface area contributed by atoms with Gasteiger partial charge in [0, 0.05) is 35.1 Å². The maximum absolute atomic E-state index is 12.6. The number of nitrogens with zero attached hydrogens (tertiary/aromatic N) is 3. The maximum atomic E-state index is 12.6. The fourth-order valence-corrected chi connectivity index (χ4v) is 3.61. The second-order valence-electron chi connectivity index (χ2n) is 6.19. The van der Waals surface area contributed by atoms with Crippen LogP contribution >= 0.6 is 11.3 Å². The van der Waals surface area contributed by atoms with Crippen molar-refractivity contribution >= 4 is 17.4 Å². The summed E-state index contributed by atoms with van der Waals surface area (Å²) in [5.74, 6) is 0. The molecule has 0 spiro atoms. The number of thiophene rings is 1. The Bertz CT molecular complexity index is 678. The van der Waals surface area contributed by atoms with E-state index in [0.717, 1.165) is 10.6 Å². The van der Waals surface area contributed by atoms with Gasteiger partial charge in [-0.2, -0.15) is 0 Å². The number of rotatable bonds is 8. The molecule has 1 aliphatic rings. The predicted octanol–water partition coefficient (Wildman–Crippen LogP) is 2.68. The molecule has 0 radical (unpaired) electrons. The van der Waals surface area contributed by atoms with Gasteiger partial charge < -0.3 is 19.9 Å². The first-order chi connectivity index (χ1) is 11.7. The number of nitrogens with one attached hydrogen (secondary N) is 1. The lowest BCUT2D eigenvalue weighted by Crippen LogP contribution is -2.40. The van der Waals surface area contributed by atoms with Gasteiger partial charge in [-0.25, -0.2) is 9.78 Å². The molecule has 0 unspecified atom stereocenters. The van der Waals surface area contributed by atoms with Gasteiger partial charge in [-0.15, -0.1) is 11.3 Å². The number of aliphatic hydroxyl groups is 1. The van der Waals surface area contributed by atoms with Crippen LogP contribution in [0.4, 0.5) is 4.79 Å². The summed E-state index contributed by atoms with van der Waals surface area (Å²) in [5.41, 5.74) is 1.04. The molecule has 0 atom stereocenters. The third-order valence-corrected chi connectivity index (χ3v) is 5.11. The Morgan fingerprint density at radius 1 is 1.50 bits per heavy atom. The maximum Gasteiger partial charge on any atom is 0.318 e. The van der Waals surface area contributed by atoms with Crippen LogP contribution in [-0.2, 0) is 13.1 Å². The highest BCUT2D eigenvalue weighted by atomic mass is 32.1. The lowest BCUT2D eigenvalue weighted by atomic mass is 10.3. The molecule has 24 heavy (non-hydrogen) atoms. The van der Waals surface area contributed by atoms with Crippen LogP contribution < -0.4 is 5.32 Å². The number of hydrogen-bond acceptors (Lipinski definition) is 4. The Balaban J connectivity index is 1.58. The van der Waals surface area contributed by atoms with Crippen molar-refractivity contribution in [3.05, 3.63) is 40.1 Å². The molecule has 2 N–H and O–H groups in total. The Hall–Kier alpha value is -1.86. The van der Waals surface area contributed by atoms with Crippen molar-refractivity contribution in [2.45, 2.75) is 45.3 Å². The molecular formula is C17H24N4O2S. The van der Waals surface area contributed by atoms with Gasteiger partial charge in [0.15, 0.2) is 0 Å². The normalized spacial score (nSPS) is 13.9. The molecule has 0 saturated heterocycles. The average molecular weight is 348 g/mol. The molecule has 0 bridgehead atoms. The third kappa shape index (κ3) is 4.36. The third-order valence-electron chi connectivity index (χ3n) is 4.12. The highest BCUT2D eigenvalue weighted by molar-refractivity contribution is 7.11. The fourth-order valence-electron chi connectivity index (χ4n) is 2.70.